The number of carbonyl (C=O) groups excluding carboxylic acids is 1. The predicted octanol–water partition coefficient (Wildman–Crippen LogP) is 4.72. The van der Waals surface area contributed by atoms with E-state index < -0.39 is 0 Å². The van der Waals surface area contributed by atoms with Crippen molar-refractivity contribution in [2.24, 2.45) is 0 Å². The van der Waals surface area contributed by atoms with Gasteiger partial charge in [-0.2, -0.15) is 0 Å². The summed E-state index contributed by atoms with van der Waals surface area (Å²) < 4.78 is 16.1. The van der Waals surface area contributed by atoms with Gasteiger partial charge in [0, 0.05) is 5.69 Å². The van der Waals surface area contributed by atoms with Crippen LogP contribution in [-0.2, 0) is 11.2 Å². The second-order valence-corrected chi connectivity index (χ2v) is 7.53. The van der Waals surface area contributed by atoms with Crippen LogP contribution in [0.5, 0.6) is 11.5 Å². The van der Waals surface area contributed by atoms with Crippen molar-refractivity contribution in [3.8, 4) is 11.5 Å². The number of methoxy groups -OCH3 is 2. The molecule has 3 aromatic rings. The van der Waals surface area contributed by atoms with E-state index in [1.54, 1.807) is 32.4 Å². The number of aromatic nitrogens is 2. The molecule has 1 heterocycles. The third-order valence-corrected chi connectivity index (χ3v) is 5.34. The molecular formula is C19H17Cl2N3O4S. The molecule has 0 aliphatic heterocycles. The van der Waals surface area contributed by atoms with Crippen molar-refractivity contribution in [3.05, 3.63) is 57.9 Å². The lowest BCUT2D eigenvalue weighted by atomic mass is 10.1. The van der Waals surface area contributed by atoms with E-state index in [-0.39, 0.29) is 11.7 Å². The van der Waals surface area contributed by atoms with Crippen LogP contribution >= 0.6 is 35.0 Å². The van der Waals surface area contributed by atoms with E-state index in [1.165, 1.54) is 0 Å². The van der Waals surface area contributed by atoms with Crippen molar-refractivity contribution in [2.75, 3.05) is 25.3 Å². The lowest BCUT2D eigenvalue weighted by Gasteiger charge is -2.08. The van der Waals surface area contributed by atoms with Gasteiger partial charge in [-0.15, -0.1) is 10.2 Å². The zero-order chi connectivity index (χ0) is 20.8. The van der Waals surface area contributed by atoms with Crippen molar-refractivity contribution in [3.63, 3.8) is 0 Å². The Kier molecular flexibility index (Phi) is 7.24. The molecule has 0 fully saturated rings. The number of hydrogen-bond acceptors (Lipinski definition) is 7. The van der Waals surface area contributed by atoms with Gasteiger partial charge < -0.3 is 19.2 Å². The first-order valence-electron chi connectivity index (χ1n) is 8.39. The summed E-state index contributed by atoms with van der Waals surface area (Å²) in [5.41, 5.74) is 1.49. The van der Waals surface area contributed by atoms with Crippen LogP contribution < -0.4 is 14.8 Å². The number of thioether (sulfide) groups is 1. The monoisotopic (exact) mass is 453 g/mol. The van der Waals surface area contributed by atoms with Gasteiger partial charge in [-0.05, 0) is 35.9 Å². The van der Waals surface area contributed by atoms with Crippen LogP contribution in [0.2, 0.25) is 10.0 Å². The highest BCUT2D eigenvalue weighted by Crippen LogP contribution is 2.29. The first-order chi connectivity index (χ1) is 14.0. The number of amides is 1. The van der Waals surface area contributed by atoms with Crippen molar-refractivity contribution in [1.29, 1.82) is 0 Å². The first-order valence-corrected chi connectivity index (χ1v) is 10.1. The summed E-state index contributed by atoms with van der Waals surface area (Å²) in [6.07, 6.45) is 0.434. The van der Waals surface area contributed by atoms with Gasteiger partial charge in [0.1, 0.15) is 0 Å². The predicted molar refractivity (Wildman–Crippen MR) is 112 cm³/mol. The Labute approximate surface area is 181 Å². The number of halogens is 2. The van der Waals surface area contributed by atoms with Crippen molar-refractivity contribution < 1.29 is 18.7 Å². The number of carbonyl (C=O) groups is 1. The van der Waals surface area contributed by atoms with Crippen molar-refractivity contribution in [2.45, 2.75) is 11.6 Å². The number of benzene rings is 2. The number of nitrogens with one attached hydrogen (secondary N) is 1. The molecule has 10 heteroatoms. The van der Waals surface area contributed by atoms with E-state index in [2.05, 4.69) is 15.5 Å². The van der Waals surface area contributed by atoms with E-state index in [9.17, 15) is 4.79 Å². The summed E-state index contributed by atoms with van der Waals surface area (Å²) in [6.45, 7) is 0. The minimum Gasteiger partial charge on any atom is -0.493 e. The molecule has 0 aliphatic rings. The fraction of sp³-hybridized carbons (Fsp3) is 0.211. The van der Waals surface area contributed by atoms with Gasteiger partial charge in [0.05, 0.1) is 36.4 Å². The molecule has 0 saturated heterocycles. The van der Waals surface area contributed by atoms with Gasteiger partial charge in [-0.1, -0.05) is 41.0 Å². The van der Waals surface area contributed by atoms with Gasteiger partial charge in [0.15, 0.2) is 11.5 Å². The van der Waals surface area contributed by atoms with E-state index in [4.69, 9.17) is 37.1 Å². The molecule has 1 aromatic heterocycles. The third kappa shape index (κ3) is 5.79. The molecule has 0 atom stereocenters. The molecule has 1 N–H and O–H groups in total. The second-order valence-electron chi connectivity index (χ2n) is 5.79. The summed E-state index contributed by atoms with van der Waals surface area (Å²) in [6, 6.07) is 10.4. The molecule has 0 bridgehead atoms. The molecule has 152 valence electrons. The van der Waals surface area contributed by atoms with Gasteiger partial charge in [0.25, 0.3) is 5.22 Å². The molecule has 0 unspecified atom stereocenters. The fourth-order valence-corrected chi connectivity index (χ4v) is 3.31. The maximum absolute atomic E-state index is 12.1. The summed E-state index contributed by atoms with van der Waals surface area (Å²) in [5, 5.41) is 11.8. The molecule has 0 spiro atoms. The number of rotatable bonds is 8. The average Bonchev–Trinajstić information content (AvgIpc) is 3.16. The van der Waals surface area contributed by atoms with Gasteiger partial charge in [-0.3, -0.25) is 4.79 Å². The fourth-order valence-electron chi connectivity index (χ4n) is 2.43. The highest BCUT2D eigenvalue weighted by molar-refractivity contribution is 7.99. The van der Waals surface area contributed by atoms with Crippen LogP contribution in [0.25, 0.3) is 0 Å². The van der Waals surface area contributed by atoms with Crippen molar-refractivity contribution >= 4 is 46.6 Å². The summed E-state index contributed by atoms with van der Waals surface area (Å²) in [4.78, 5) is 12.1. The average molecular weight is 454 g/mol. The quantitative estimate of drug-likeness (QED) is 0.493. The van der Waals surface area contributed by atoms with Gasteiger partial charge >= 0.3 is 0 Å². The normalized spacial score (nSPS) is 10.6. The van der Waals surface area contributed by atoms with Crippen LogP contribution in [0, 0.1) is 0 Å². The smallest absolute Gasteiger partial charge is 0.277 e. The Balaban J connectivity index is 1.55. The molecule has 2 aromatic carbocycles. The topological polar surface area (TPSA) is 86.5 Å². The Morgan fingerprint density at radius 3 is 2.59 bits per heavy atom. The Hall–Kier alpha value is -2.42. The van der Waals surface area contributed by atoms with Gasteiger partial charge in [-0.25, -0.2) is 0 Å². The maximum atomic E-state index is 12.1. The van der Waals surface area contributed by atoms with E-state index >= 15 is 0 Å². The number of hydrogen-bond donors (Lipinski definition) is 1. The largest absolute Gasteiger partial charge is 0.493 e. The molecular weight excluding hydrogens is 437 g/mol. The van der Waals surface area contributed by atoms with Crippen LogP contribution in [-0.4, -0.2) is 36.1 Å². The molecule has 7 nitrogen and oxygen atoms in total. The molecule has 1 amide bonds. The molecule has 3 rings (SSSR count). The minimum atomic E-state index is -0.229. The first kappa shape index (κ1) is 21.3. The molecule has 29 heavy (non-hydrogen) atoms. The highest BCUT2D eigenvalue weighted by Gasteiger charge is 2.12. The Morgan fingerprint density at radius 1 is 1.07 bits per heavy atom. The van der Waals surface area contributed by atoms with Crippen LogP contribution in [0.4, 0.5) is 5.69 Å². The van der Waals surface area contributed by atoms with E-state index in [0.717, 1.165) is 17.3 Å². The summed E-state index contributed by atoms with van der Waals surface area (Å²) in [5.74, 6) is 1.58. The lowest BCUT2D eigenvalue weighted by molar-refractivity contribution is -0.113. The molecule has 0 aliphatic carbocycles. The lowest BCUT2D eigenvalue weighted by Crippen LogP contribution is -2.13. The number of anilines is 1. The van der Waals surface area contributed by atoms with E-state index in [0.29, 0.717) is 44.8 Å². The van der Waals surface area contributed by atoms with Gasteiger partial charge in [0.2, 0.25) is 11.8 Å². The molecule has 0 saturated carbocycles. The summed E-state index contributed by atoms with van der Waals surface area (Å²) in [7, 11) is 3.16. The summed E-state index contributed by atoms with van der Waals surface area (Å²) >= 11 is 12.9. The Morgan fingerprint density at radius 2 is 1.86 bits per heavy atom. The number of nitrogens with zero attached hydrogens (tertiary/aromatic N) is 2. The highest BCUT2D eigenvalue weighted by atomic mass is 35.5. The number of ether oxygens (including phenoxy) is 2. The second kappa shape index (κ2) is 9.87. The van der Waals surface area contributed by atoms with Crippen LogP contribution in [0.1, 0.15) is 11.5 Å². The van der Waals surface area contributed by atoms with Crippen LogP contribution in [0.15, 0.2) is 46.0 Å². The van der Waals surface area contributed by atoms with Crippen molar-refractivity contribution in [1.82, 2.24) is 10.2 Å². The third-order valence-electron chi connectivity index (χ3n) is 3.78. The van der Waals surface area contributed by atoms with E-state index in [1.807, 2.05) is 18.2 Å². The Bertz CT molecular complexity index is 1010. The maximum Gasteiger partial charge on any atom is 0.277 e. The standard InChI is InChI=1S/C19H17Cl2N3O4S/c1-26-15-6-3-11(7-16(15)27-2)8-18-23-24-19(28-18)29-10-17(25)22-12-4-5-13(20)14(21)9-12/h3-7,9H,8,10H2,1-2H3,(H,22,25). The SMILES string of the molecule is COc1ccc(Cc2nnc(SCC(=O)Nc3ccc(Cl)c(Cl)c3)o2)cc1OC. The zero-order valence-electron chi connectivity index (χ0n) is 15.6. The minimum absolute atomic E-state index is 0.109. The van der Waals surface area contributed by atoms with Crippen LogP contribution in [0.3, 0.4) is 0 Å². The zero-order valence-corrected chi connectivity index (χ0v) is 17.9. The molecule has 0 radical (unpaired) electrons.